The zero-order valence-electron chi connectivity index (χ0n) is 6.27. The van der Waals surface area contributed by atoms with Crippen LogP contribution in [0.4, 0.5) is 4.39 Å². The molecule has 0 amide bonds. The van der Waals surface area contributed by atoms with Crippen LogP contribution in [0.3, 0.4) is 0 Å². The smallest absolute Gasteiger partial charge is 0.0912 e. The first-order valence-electron chi connectivity index (χ1n) is 3.65. The Morgan fingerprint density at radius 2 is 2.50 bits per heavy atom. The van der Waals surface area contributed by atoms with Gasteiger partial charge in [0.05, 0.1) is 12.8 Å². The summed E-state index contributed by atoms with van der Waals surface area (Å²) in [6.45, 7) is 2.24. The minimum Gasteiger partial charge on any atom is -0.377 e. The lowest BCUT2D eigenvalue weighted by atomic mass is 9.90. The molecule has 0 bridgehead atoms. The zero-order chi connectivity index (χ0) is 7.61. The van der Waals surface area contributed by atoms with Crippen LogP contribution in [0.1, 0.15) is 19.8 Å². The fourth-order valence-corrected chi connectivity index (χ4v) is 1.30. The van der Waals surface area contributed by atoms with Crippen molar-refractivity contribution in [1.29, 1.82) is 0 Å². The molecule has 0 saturated carbocycles. The van der Waals surface area contributed by atoms with Gasteiger partial charge < -0.3 is 10.5 Å². The molecule has 0 aromatic rings. The van der Waals surface area contributed by atoms with Crippen molar-refractivity contribution in [2.75, 3.05) is 13.3 Å². The van der Waals surface area contributed by atoms with Gasteiger partial charge in [0.15, 0.2) is 0 Å². The summed E-state index contributed by atoms with van der Waals surface area (Å²) in [7, 11) is 0. The summed E-state index contributed by atoms with van der Waals surface area (Å²) in [5.74, 6) is 0. The molecule has 0 radical (unpaired) electrons. The Morgan fingerprint density at radius 3 is 2.90 bits per heavy atom. The summed E-state index contributed by atoms with van der Waals surface area (Å²) in [6.07, 6.45) is 1.23. The SMILES string of the molecule is CC1OCCC1(N)CCF. The highest BCUT2D eigenvalue weighted by molar-refractivity contribution is 4.93. The molecule has 1 rings (SSSR count). The van der Waals surface area contributed by atoms with Crippen LogP contribution < -0.4 is 5.73 Å². The second-order valence-electron chi connectivity index (χ2n) is 2.94. The molecule has 2 atom stereocenters. The molecule has 1 saturated heterocycles. The van der Waals surface area contributed by atoms with E-state index in [1.807, 2.05) is 6.92 Å². The Kier molecular flexibility index (Phi) is 2.26. The monoisotopic (exact) mass is 147 g/mol. The molecule has 0 aromatic heterocycles. The number of rotatable bonds is 2. The molecule has 2 unspecified atom stereocenters. The maximum Gasteiger partial charge on any atom is 0.0912 e. The molecule has 1 aliphatic heterocycles. The van der Waals surface area contributed by atoms with Crippen LogP contribution in [-0.2, 0) is 4.74 Å². The number of hydrogen-bond donors (Lipinski definition) is 1. The Bertz CT molecular complexity index is 120. The topological polar surface area (TPSA) is 35.2 Å². The molecular formula is C7H14FNO. The van der Waals surface area contributed by atoms with Gasteiger partial charge in [0.25, 0.3) is 0 Å². The van der Waals surface area contributed by atoms with Gasteiger partial charge in [0, 0.05) is 12.1 Å². The van der Waals surface area contributed by atoms with Crippen molar-refractivity contribution in [3.05, 3.63) is 0 Å². The predicted octanol–water partition coefficient (Wildman–Crippen LogP) is 0.852. The number of ether oxygens (including phenoxy) is 1. The van der Waals surface area contributed by atoms with E-state index in [1.165, 1.54) is 0 Å². The fourth-order valence-electron chi connectivity index (χ4n) is 1.30. The molecule has 0 aromatic carbocycles. The molecular weight excluding hydrogens is 133 g/mol. The first-order chi connectivity index (χ1) is 4.69. The third-order valence-electron chi connectivity index (χ3n) is 2.30. The summed E-state index contributed by atoms with van der Waals surface area (Å²) >= 11 is 0. The maximum atomic E-state index is 11.9. The summed E-state index contributed by atoms with van der Waals surface area (Å²) in [6, 6.07) is 0. The van der Waals surface area contributed by atoms with Crippen molar-refractivity contribution in [3.8, 4) is 0 Å². The number of hydrogen-bond acceptors (Lipinski definition) is 2. The van der Waals surface area contributed by atoms with Crippen LogP contribution in [0.2, 0.25) is 0 Å². The van der Waals surface area contributed by atoms with Gasteiger partial charge >= 0.3 is 0 Å². The molecule has 2 N–H and O–H groups in total. The van der Waals surface area contributed by atoms with Crippen LogP contribution in [0, 0.1) is 0 Å². The van der Waals surface area contributed by atoms with E-state index in [9.17, 15) is 4.39 Å². The normalized spacial score (nSPS) is 40.5. The molecule has 2 nitrogen and oxygen atoms in total. The average molecular weight is 147 g/mol. The lowest BCUT2D eigenvalue weighted by molar-refractivity contribution is 0.0905. The minimum absolute atomic E-state index is 0.0169. The third kappa shape index (κ3) is 1.30. The van der Waals surface area contributed by atoms with E-state index >= 15 is 0 Å². The second kappa shape index (κ2) is 2.84. The molecule has 0 spiro atoms. The van der Waals surface area contributed by atoms with Crippen molar-refractivity contribution < 1.29 is 9.13 Å². The highest BCUT2D eigenvalue weighted by atomic mass is 19.1. The van der Waals surface area contributed by atoms with Gasteiger partial charge in [-0.2, -0.15) is 0 Å². The van der Waals surface area contributed by atoms with Crippen molar-refractivity contribution in [3.63, 3.8) is 0 Å². The molecule has 3 heteroatoms. The fraction of sp³-hybridized carbons (Fsp3) is 1.00. The minimum atomic E-state index is -0.394. The van der Waals surface area contributed by atoms with Gasteiger partial charge in [0.2, 0.25) is 0 Å². The maximum absolute atomic E-state index is 11.9. The molecule has 10 heavy (non-hydrogen) atoms. The van der Waals surface area contributed by atoms with Crippen molar-refractivity contribution >= 4 is 0 Å². The largest absolute Gasteiger partial charge is 0.377 e. The second-order valence-corrected chi connectivity index (χ2v) is 2.94. The van der Waals surface area contributed by atoms with Crippen molar-refractivity contribution in [1.82, 2.24) is 0 Å². The number of nitrogens with two attached hydrogens (primary N) is 1. The van der Waals surface area contributed by atoms with Gasteiger partial charge in [-0.3, -0.25) is 4.39 Å². The van der Waals surface area contributed by atoms with Crippen molar-refractivity contribution in [2.45, 2.75) is 31.4 Å². The highest BCUT2D eigenvalue weighted by Crippen LogP contribution is 2.26. The number of halogens is 1. The molecule has 1 heterocycles. The highest BCUT2D eigenvalue weighted by Gasteiger charge is 2.36. The van der Waals surface area contributed by atoms with E-state index in [0.717, 1.165) is 6.42 Å². The third-order valence-corrected chi connectivity index (χ3v) is 2.30. The summed E-state index contributed by atoms with van der Waals surface area (Å²) in [5, 5.41) is 0. The van der Waals surface area contributed by atoms with Crippen LogP contribution in [0.15, 0.2) is 0 Å². The van der Waals surface area contributed by atoms with E-state index in [0.29, 0.717) is 13.0 Å². The zero-order valence-corrected chi connectivity index (χ0v) is 6.27. The van der Waals surface area contributed by atoms with Gasteiger partial charge in [0.1, 0.15) is 0 Å². The van der Waals surface area contributed by atoms with E-state index < -0.39 is 5.54 Å². The molecule has 1 fully saturated rings. The number of alkyl halides is 1. The Hall–Kier alpha value is -0.150. The first kappa shape index (κ1) is 7.95. The molecule has 0 aliphatic carbocycles. The van der Waals surface area contributed by atoms with Crippen LogP contribution in [-0.4, -0.2) is 24.9 Å². The Balaban J connectivity index is 2.48. The van der Waals surface area contributed by atoms with Crippen LogP contribution in [0.25, 0.3) is 0 Å². The van der Waals surface area contributed by atoms with Gasteiger partial charge in [-0.1, -0.05) is 0 Å². The van der Waals surface area contributed by atoms with Crippen LogP contribution in [0.5, 0.6) is 0 Å². The molecule has 60 valence electrons. The van der Waals surface area contributed by atoms with Gasteiger partial charge in [-0.25, -0.2) is 0 Å². The molecule has 1 aliphatic rings. The summed E-state index contributed by atoms with van der Waals surface area (Å²) in [5.41, 5.74) is 5.45. The van der Waals surface area contributed by atoms with E-state index in [4.69, 9.17) is 10.5 Å². The first-order valence-corrected chi connectivity index (χ1v) is 3.65. The van der Waals surface area contributed by atoms with E-state index in [2.05, 4.69) is 0 Å². The standard InChI is InChI=1S/C7H14FNO/c1-6-7(9,2-4-8)3-5-10-6/h6H,2-5,9H2,1H3. The predicted molar refractivity (Wildman–Crippen MR) is 37.5 cm³/mol. The Labute approximate surface area is 60.5 Å². The lowest BCUT2D eigenvalue weighted by Gasteiger charge is -2.25. The van der Waals surface area contributed by atoms with Crippen molar-refractivity contribution in [2.24, 2.45) is 5.73 Å². The van der Waals surface area contributed by atoms with E-state index in [-0.39, 0.29) is 12.8 Å². The summed E-state index contributed by atoms with van der Waals surface area (Å²) < 4.78 is 17.2. The summed E-state index contributed by atoms with van der Waals surface area (Å²) in [4.78, 5) is 0. The van der Waals surface area contributed by atoms with Gasteiger partial charge in [-0.15, -0.1) is 0 Å². The average Bonchev–Trinajstić information content (AvgIpc) is 2.15. The quantitative estimate of drug-likeness (QED) is 0.628. The van der Waals surface area contributed by atoms with Crippen LogP contribution >= 0.6 is 0 Å². The Morgan fingerprint density at radius 1 is 1.80 bits per heavy atom. The lowest BCUT2D eigenvalue weighted by Crippen LogP contribution is -2.46. The van der Waals surface area contributed by atoms with Gasteiger partial charge in [-0.05, 0) is 19.8 Å². The van der Waals surface area contributed by atoms with E-state index in [1.54, 1.807) is 0 Å².